The third kappa shape index (κ3) is 3.99. The average Bonchev–Trinajstić information content (AvgIpc) is 2.87. The Morgan fingerprint density at radius 1 is 1.27 bits per heavy atom. The summed E-state index contributed by atoms with van der Waals surface area (Å²) in [7, 11) is 1.41. The quantitative estimate of drug-likeness (QED) is 0.477. The van der Waals surface area contributed by atoms with Gasteiger partial charge >= 0.3 is 0 Å². The lowest BCUT2D eigenvalue weighted by molar-refractivity contribution is -0.123. The maximum Gasteiger partial charge on any atom is 0.293 e. The van der Waals surface area contributed by atoms with Crippen molar-refractivity contribution in [3.05, 3.63) is 61.0 Å². The number of carbonyl (C=O) groups excluding carboxylic acids is 2. The third-order valence-electron chi connectivity index (χ3n) is 3.70. The third-order valence-corrected chi connectivity index (χ3v) is 5.61. The van der Waals surface area contributed by atoms with Crippen LogP contribution in [0.1, 0.15) is 11.1 Å². The fourth-order valence-corrected chi connectivity index (χ4v) is 3.81. The Labute approximate surface area is 173 Å². The van der Waals surface area contributed by atoms with E-state index in [0.29, 0.717) is 10.5 Å². The van der Waals surface area contributed by atoms with E-state index in [1.807, 2.05) is 24.3 Å². The highest BCUT2D eigenvalue weighted by Crippen LogP contribution is 2.38. The number of nitrogens with zero attached hydrogens (tertiary/aromatic N) is 1. The van der Waals surface area contributed by atoms with Crippen molar-refractivity contribution < 1.29 is 19.4 Å². The van der Waals surface area contributed by atoms with Crippen molar-refractivity contribution in [2.24, 2.45) is 0 Å². The molecule has 5 nitrogen and oxygen atoms in total. The predicted molar refractivity (Wildman–Crippen MR) is 110 cm³/mol. The van der Waals surface area contributed by atoms with Crippen LogP contribution in [0, 0.1) is 3.57 Å². The summed E-state index contributed by atoms with van der Waals surface area (Å²) < 4.78 is 6.14. The number of phenolic OH excluding ortho intramolecular Hbond substituents is 1. The molecular weight excluding hydrogens is 489 g/mol. The van der Waals surface area contributed by atoms with Crippen LogP contribution in [0.25, 0.3) is 6.08 Å². The molecule has 1 aliphatic rings. The minimum absolute atomic E-state index is 0.105. The van der Waals surface area contributed by atoms with Crippen molar-refractivity contribution in [2.75, 3.05) is 7.11 Å². The summed E-state index contributed by atoms with van der Waals surface area (Å²) in [6, 6.07) is 10.7. The largest absolute Gasteiger partial charge is 0.503 e. The molecule has 0 unspecified atom stereocenters. The van der Waals surface area contributed by atoms with Crippen LogP contribution in [0.15, 0.2) is 41.3 Å². The molecule has 1 fully saturated rings. The second-order valence-corrected chi connectivity index (χ2v) is 8.09. The van der Waals surface area contributed by atoms with Crippen LogP contribution in [0.3, 0.4) is 0 Å². The van der Waals surface area contributed by atoms with E-state index >= 15 is 0 Å². The molecular formula is C18H13ClINO4S. The molecule has 0 aliphatic carbocycles. The van der Waals surface area contributed by atoms with Crippen molar-refractivity contribution in [1.29, 1.82) is 0 Å². The molecule has 3 rings (SSSR count). The number of halogens is 2. The minimum atomic E-state index is -0.360. The SMILES string of the molecule is COc1cc(/C=C2\SC(=O)N(Cc3ccc(I)cc3)C2=O)cc(Cl)c1O. The number of ether oxygens (including phenoxy) is 1. The molecule has 134 valence electrons. The highest BCUT2D eigenvalue weighted by Gasteiger charge is 2.35. The smallest absolute Gasteiger partial charge is 0.293 e. The normalized spacial score (nSPS) is 15.8. The Balaban J connectivity index is 1.85. The number of phenols is 1. The summed E-state index contributed by atoms with van der Waals surface area (Å²) in [6.45, 7) is 0.221. The van der Waals surface area contributed by atoms with Crippen LogP contribution in [-0.2, 0) is 11.3 Å². The van der Waals surface area contributed by atoms with Gasteiger partial charge in [0.25, 0.3) is 11.1 Å². The number of hydrogen-bond donors (Lipinski definition) is 1. The molecule has 8 heteroatoms. The summed E-state index contributed by atoms with van der Waals surface area (Å²) in [4.78, 5) is 26.3. The standard InChI is InChI=1S/C18H13ClINO4S/c1-25-14-7-11(6-13(19)16(14)22)8-15-17(23)21(18(24)26-15)9-10-2-4-12(20)5-3-10/h2-8,22H,9H2,1H3/b15-8-. The van der Waals surface area contributed by atoms with Crippen molar-refractivity contribution in [3.63, 3.8) is 0 Å². The molecule has 0 radical (unpaired) electrons. The average molecular weight is 502 g/mol. The zero-order valence-electron chi connectivity index (χ0n) is 13.5. The van der Waals surface area contributed by atoms with Gasteiger partial charge in [0.05, 0.1) is 23.6 Å². The van der Waals surface area contributed by atoms with Gasteiger partial charge in [-0.15, -0.1) is 0 Å². The summed E-state index contributed by atoms with van der Waals surface area (Å²) in [5.74, 6) is -0.332. The molecule has 0 spiro atoms. The van der Waals surface area contributed by atoms with Crippen LogP contribution in [0.5, 0.6) is 11.5 Å². The molecule has 2 aromatic rings. The number of carbonyl (C=O) groups is 2. The molecule has 1 saturated heterocycles. The lowest BCUT2D eigenvalue weighted by atomic mass is 10.1. The van der Waals surface area contributed by atoms with Crippen molar-refractivity contribution >= 4 is 63.2 Å². The first-order valence-corrected chi connectivity index (χ1v) is 9.72. The van der Waals surface area contributed by atoms with E-state index in [1.165, 1.54) is 18.1 Å². The van der Waals surface area contributed by atoms with Crippen LogP contribution in [-0.4, -0.2) is 28.3 Å². The van der Waals surface area contributed by atoms with Gasteiger partial charge in [-0.3, -0.25) is 14.5 Å². The second-order valence-electron chi connectivity index (χ2n) is 5.45. The molecule has 0 bridgehead atoms. The first-order valence-electron chi connectivity index (χ1n) is 7.45. The highest BCUT2D eigenvalue weighted by molar-refractivity contribution is 14.1. The number of imide groups is 1. The van der Waals surface area contributed by atoms with Gasteiger partial charge in [-0.25, -0.2) is 0 Å². The Morgan fingerprint density at radius 3 is 2.62 bits per heavy atom. The van der Waals surface area contributed by atoms with E-state index in [0.717, 1.165) is 20.9 Å². The number of rotatable bonds is 4. The lowest BCUT2D eigenvalue weighted by Crippen LogP contribution is -2.27. The van der Waals surface area contributed by atoms with Crippen LogP contribution in [0.4, 0.5) is 4.79 Å². The lowest BCUT2D eigenvalue weighted by Gasteiger charge is -2.12. The van der Waals surface area contributed by atoms with Gasteiger partial charge in [0.2, 0.25) is 0 Å². The number of thioether (sulfide) groups is 1. The zero-order chi connectivity index (χ0) is 18.8. The van der Waals surface area contributed by atoms with E-state index in [-0.39, 0.29) is 34.2 Å². The molecule has 0 saturated carbocycles. The minimum Gasteiger partial charge on any atom is -0.503 e. The topological polar surface area (TPSA) is 66.8 Å². The number of aromatic hydroxyl groups is 1. The van der Waals surface area contributed by atoms with E-state index in [1.54, 1.807) is 12.1 Å². The Kier molecular flexibility index (Phi) is 5.79. The highest BCUT2D eigenvalue weighted by atomic mass is 127. The predicted octanol–water partition coefficient (Wildman–Crippen LogP) is 4.90. The Morgan fingerprint density at radius 2 is 1.96 bits per heavy atom. The van der Waals surface area contributed by atoms with Crippen molar-refractivity contribution in [1.82, 2.24) is 4.90 Å². The summed E-state index contributed by atoms with van der Waals surface area (Å²) in [5, 5.41) is 9.57. The summed E-state index contributed by atoms with van der Waals surface area (Å²) >= 11 is 9.04. The molecule has 0 atom stereocenters. The molecule has 1 N–H and O–H groups in total. The maximum atomic E-state index is 12.6. The van der Waals surface area contributed by atoms with Crippen molar-refractivity contribution in [2.45, 2.75) is 6.54 Å². The monoisotopic (exact) mass is 501 g/mol. The first kappa shape index (κ1) is 19.1. The molecule has 26 heavy (non-hydrogen) atoms. The molecule has 2 aromatic carbocycles. The van der Waals surface area contributed by atoms with E-state index in [9.17, 15) is 14.7 Å². The van der Waals surface area contributed by atoms with Crippen LogP contribution >= 0.6 is 46.0 Å². The van der Waals surface area contributed by atoms with Gasteiger partial charge in [0.1, 0.15) is 0 Å². The number of hydrogen-bond acceptors (Lipinski definition) is 5. The number of methoxy groups -OCH3 is 1. The fraction of sp³-hybridized carbons (Fsp3) is 0.111. The van der Waals surface area contributed by atoms with Gasteiger partial charge in [0.15, 0.2) is 11.5 Å². The van der Waals surface area contributed by atoms with Crippen LogP contribution < -0.4 is 4.74 Å². The van der Waals surface area contributed by atoms with Crippen molar-refractivity contribution in [3.8, 4) is 11.5 Å². The van der Waals surface area contributed by atoms with Crippen LogP contribution in [0.2, 0.25) is 5.02 Å². The van der Waals surface area contributed by atoms with E-state index in [4.69, 9.17) is 16.3 Å². The van der Waals surface area contributed by atoms with Gasteiger partial charge < -0.3 is 9.84 Å². The molecule has 1 heterocycles. The fourth-order valence-electron chi connectivity index (χ4n) is 2.39. The number of benzene rings is 2. The van der Waals surface area contributed by atoms with Gasteiger partial charge in [0, 0.05) is 3.57 Å². The summed E-state index contributed by atoms with van der Waals surface area (Å²) in [6.07, 6.45) is 1.56. The molecule has 1 aliphatic heterocycles. The molecule has 2 amide bonds. The zero-order valence-corrected chi connectivity index (χ0v) is 17.3. The first-order chi connectivity index (χ1) is 12.4. The Bertz CT molecular complexity index is 914. The number of amides is 2. The second kappa shape index (κ2) is 7.89. The van der Waals surface area contributed by atoms with E-state index in [2.05, 4.69) is 22.6 Å². The van der Waals surface area contributed by atoms with E-state index < -0.39 is 0 Å². The summed E-state index contributed by atoms with van der Waals surface area (Å²) in [5.41, 5.74) is 1.44. The maximum absolute atomic E-state index is 12.6. The van der Waals surface area contributed by atoms with Gasteiger partial charge in [-0.1, -0.05) is 23.7 Å². The Hall–Kier alpha value is -1.71. The molecule has 0 aromatic heterocycles. The van der Waals surface area contributed by atoms with Gasteiger partial charge in [-0.2, -0.15) is 0 Å². The van der Waals surface area contributed by atoms with Gasteiger partial charge in [-0.05, 0) is 75.8 Å².